The fourth-order valence-electron chi connectivity index (χ4n) is 1.64. The lowest BCUT2D eigenvalue weighted by Crippen LogP contribution is -2.40. The van der Waals surface area contributed by atoms with Crippen molar-refractivity contribution in [2.75, 3.05) is 6.54 Å². The predicted molar refractivity (Wildman–Crippen MR) is 76.5 cm³/mol. The molecule has 0 bridgehead atoms. The number of aryl methyl sites for hydroxylation is 1. The summed E-state index contributed by atoms with van der Waals surface area (Å²) in [7, 11) is 0. The Bertz CT molecular complexity index is 367. The molecule has 0 aliphatic rings. The van der Waals surface area contributed by atoms with Gasteiger partial charge in [-0.1, -0.05) is 20.8 Å². The Morgan fingerprint density at radius 1 is 1.42 bits per heavy atom. The van der Waals surface area contributed by atoms with Crippen molar-refractivity contribution in [3.63, 3.8) is 0 Å². The Morgan fingerprint density at radius 2 is 2.16 bits per heavy atom. The molecule has 1 heterocycles. The Morgan fingerprint density at radius 3 is 2.74 bits per heavy atom. The molecule has 0 fully saturated rings. The van der Waals surface area contributed by atoms with Gasteiger partial charge in [-0.05, 0) is 18.3 Å². The summed E-state index contributed by atoms with van der Waals surface area (Å²) in [6.07, 6.45) is 7.92. The van der Waals surface area contributed by atoms with Gasteiger partial charge in [-0.15, -0.1) is 0 Å². The molecule has 1 atom stereocenters. The van der Waals surface area contributed by atoms with Crippen molar-refractivity contribution in [2.45, 2.75) is 52.6 Å². The van der Waals surface area contributed by atoms with Crippen molar-refractivity contribution >= 4 is 5.91 Å². The van der Waals surface area contributed by atoms with Gasteiger partial charge in [-0.25, -0.2) is 4.98 Å². The number of unbranched alkanes of at least 4 members (excludes halogenated alkanes) is 1. The monoisotopic (exact) mass is 266 g/mol. The van der Waals surface area contributed by atoms with Crippen molar-refractivity contribution in [3.05, 3.63) is 18.7 Å². The van der Waals surface area contributed by atoms with Crippen molar-refractivity contribution < 1.29 is 4.79 Å². The number of aromatic nitrogens is 2. The summed E-state index contributed by atoms with van der Waals surface area (Å²) >= 11 is 0. The number of amides is 1. The first-order valence-electron chi connectivity index (χ1n) is 6.87. The quantitative estimate of drug-likeness (QED) is 0.735. The molecule has 1 amide bonds. The van der Waals surface area contributed by atoms with Gasteiger partial charge in [0.2, 0.25) is 5.91 Å². The molecule has 0 saturated heterocycles. The number of carbonyl (C=O) groups is 1. The first kappa shape index (κ1) is 15.7. The average Bonchev–Trinajstić information content (AvgIpc) is 2.80. The molecule has 0 spiro atoms. The van der Waals surface area contributed by atoms with Gasteiger partial charge >= 0.3 is 0 Å². The summed E-state index contributed by atoms with van der Waals surface area (Å²) in [5, 5.41) is 2.92. The zero-order chi connectivity index (χ0) is 14.3. The lowest BCUT2D eigenvalue weighted by molar-refractivity contribution is -0.121. The van der Waals surface area contributed by atoms with Gasteiger partial charge in [-0.2, -0.15) is 0 Å². The fourth-order valence-corrected chi connectivity index (χ4v) is 1.64. The number of hydrogen-bond donors (Lipinski definition) is 2. The lowest BCUT2D eigenvalue weighted by atomic mass is 9.85. The van der Waals surface area contributed by atoms with Crippen molar-refractivity contribution in [3.8, 4) is 0 Å². The maximum atomic E-state index is 11.7. The number of nitrogens with two attached hydrogens (primary N) is 1. The van der Waals surface area contributed by atoms with E-state index in [1.165, 1.54) is 0 Å². The lowest BCUT2D eigenvalue weighted by Gasteiger charge is -2.26. The van der Waals surface area contributed by atoms with Gasteiger partial charge in [0.05, 0.1) is 6.33 Å². The summed E-state index contributed by atoms with van der Waals surface area (Å²) in [6, 6.07) is -0.0987. The van der Waals surface area contributed by atoms with E-state index in [0.717, 1.165) is 19.4 Å². The molecule has 0 saturated carbocycles. The van der Waals surface area contributed by atoms with Crippen LogP contribution in [0.3, 0.4) is 0 Å². The van der Waals surface area contributed by atoms with Crippen molar-refractivity contribution in [1.29, 1.82) is 0 Å². The second-order valence-electron chi connectivity index (χ2n) is 6.03. The second kappa shape index (κ2) is 7.28. The van der Waals surface area contributed by atoms with Crippen molar-refractivity contribution in [1.82, 2.24) is 14.9 Å². The Hall–Kier alpha value is -1.36. The highest BCUT2D eigenvalue weighted by molar-refractivity contribution is 5.76. The first-order valence-corrected chi connectivity index (χ1v) is 6.87. The van der Waals surface area contributed by atoms with E-state index in [1.807, 2.05) is 10.8 Å². The second-order valence-corrected chi connectivity index (χ2v) is 6.03. The minimum Gasteiger partial charge on any atom is -0.356 e. The first-order chi connectivity index (χ1) is 8.89. The fraction of sp³-hybridized carbons (Fsp3) is 0.714. The molecule has 1 aromatic rings. The summed E-state index contributed by atoms with van der Waals surface area (Å²) in [5.74, 6) is 0.0463. The summed E-state index contributed by atoms with van der Waals surface area (Å²) in [6.45, 7) is 7.81. The van der Waals surface area contributed by atoms with E-state index < -0.39 is 0 Å². The smallest absolute Gasteiger partial charge is 0.221 e. The highest BCUT2D eigenvalue weighted by atomic mass is 16.1. The maximum absolute atomic E-state index is 11.7. The van der Waals surface area contributed by atoms with Crippen LogP contribution in [-0.2, 0) is 11.3 Å². The SMILES string of the molecule is CC(C)(C)C(N)CC(=O)NCCCCn1ccnc1. The number of nitrogens with one attached hydrogen (secondary N) is 1. The van der Waals surface area contributed by atoms with Crippen molar-refractivity contribution in [2.24, 2.45) is 11.1 Å². The topological polar surface area (TPSA) is 72.9 Å². The van der Waals surface area contributed by atoms with Crippen LogP contribution in [0.2, 0.25) is 0 Å². The van der Waals surface area contributed by atoms with Gasteiger partial charge in [0.1, 0.15) is 0 Å². The highest BCUT2D eigenvalue weighted by Gasteiger charge is 2.22. The number of rotatable bonds is 7. The molecule has 0 radical (unpaired) electrons. The average molecular weight is 266 g/mol. The van der Waals surface area contributed by atoms with Gasteiger partial charge in [-0.3, -0.25) is 4.79 Å². The Kier molecular flexibility index (Phi) is 6.02. The van der Waals surface area contributed by atoms with Gasteiger partial charge < -0.3 is 15.6 Å². The molecular weight excluding hydrogens is 240 g/mol. The van der Waals surface area contributed by atoms with Gasteiger partial charge in [0.25, 0.3) is 0 Å². The number of imidazole rings is 1. The molecule has 1 aromatic heterocycles. The van der Waals surface area contributed by atoms with Crippen LogP contribution in [0.5, 0.6) is 0 Å². The van der Waals surface area contributed by atoms with E-state index in [1.54, 1.807) is 12.5 Å². The van der Waals surface area contributed by atoms with E-state index in [-0.39, 0.29) is 17.4 Å². The molecular formula is C14H26N4O. The molecule has 0 aliphatic carbocycles. The van der Waals surface area contributed by atoms with Gasteiger partial charge in [0.15, 0.2) is 0 Å². The van der Waals surface area contributed by atoms with Crippen LogP contribution in [0.15, 0.2) is 18.7 Å². The van der Waals surface area contributed by atoms with Crippen LogP contribution < -0.4 is 11.1 Å². The molecule has 5 nitrogen and oxygen atoms in total. The molecule has 0 aromatic carbocycles. The third-order valence-electron chi connectivity index (χ3n) is 3.24. The summed E-state index contributed by atoms with van der Waals surface area (Å²) < 4.78 is 2.04. The molecule has 0 aliphatic heterocycles. The minimum absolute atomic E-state index is 0.0290. The van der Waals surface area contributed by atoms with Crippen LogP contribution in [0, 0.1) is 5.41 Å². The van der Waals surface area contributed by atoms with E-state index in [0.29, 0.717) is 13.0 Å². The third kappa shape index (κ3) is 6.38. The Balaban J connectivity index is 2.07. The zero-order valence-corrected chi connectivity index (χ0v) is 12.2. The highest BCUT2D eigenvalue weighted by Crippen LogP contribution is 2.19. The molecule has 5 heteroatoms. The summed E-state index contributed by atoms with van der Waals surface area (Å²) in [5.41, 5.74) is 5.95. The molecule has 1 unspecified atom stereocenters. The maximum Gasteiger partial charge on any atom is 0.221 e. The number of nitrogens with zero attached hydrogens (tertiary/aromatic N) is 2. The van der Waals surface area contributed by atoms with E-state index in [4.69, 9.17) is 5.73 Å². The van der Waals surface area contributed by atoms with E-state index in [9.17, 15) is 4.79 Å². The molecule has 1 rings (SSSR count). The molecule has 3 N–H and O–H groups in total. The van der Waals surface area contributed by atoms with Crippen LogP contribution >= 0.6 is 0 Å². The zero-order valence-electron chi connectivity index (χ0n) is 12.2. The third-order valence-corrected chi connectivity index (χ3v) is 3.24. The van der Waals surface area contributed by atoms with E-state index >= 15 is 0 Å². The predicted octanol–water partition coefficient (Wildman–Crippen LogP) is 1.54. The number of hydrogen-bond acceptors (Lipinski definition) is 3. The standard InChI is InChI=1S/C14H26N4O/c1-14(2,3)12(15)10-13(19)17-6-4-5-8-18-9-7-16-11-18/h7,9,11-12H,4-6,8,10,15H2,1-3H3,(H,17,19). The van der Waals surface area contributed by atoms with Crippen LogP contribution in [-0.4, -0.2) is 28.0 Å². The van der Waals surface area contributed by atoms with Crippen LogP contribution in [0.25, 0.3) is 0 Å². The van der Waals surface area contributed by atoms with Crippen LogP contribution in [0.4, 0.5) is 0 Å². The largest absolute Gasteiger partial charge is 0.356 e. The van der Waals surface area contributed by atoms with Gasteiger partial charge in [0, 0.05) is 37.9 Å². The summed E-state index contributed by atoms with van der Waals surface area (Å²) in [4.78, 5) is 15.7. The Labute approximate surface area is 115 Å². The minimum atomic E-state index is -0.0987. The van der Waals surface area contributed by atoms with Crippen LogP contribution in [0.1, 0.15) is 40.0 Å². The van der Waals surface area contributed by atoms with E-state index in [2.05, 4.69) is 31.1 Å². The normalized spacial score (nSPS) is 13.3. The molecule has 108 valence electrons. The molecule has 19 heavy (non-hydrogen) atoms. The number of carbonyl (C=O) groups excluding carboxylic acids is 1.